The molecule has 1 fully saturated rings. The second kappa shape index (κ2) is 6.06. The van der Waals surface area contributed by atoms with E-state index in [1.54, 1.807) is 18.4 Å². The second-order valence-electron chi connectivity index (χ2n) is 4.82. The molecule has 0 saturated heterocycles. The Kier molecular flexibility index (Phi) is 4.17. The van der Waals surface area contributed by atoms with E-state index in [9.17, 15) is 0 Å². The SMILES string of the molecule is COc1cccc(OCc2nc(C3CC3)c(CS)s2)c1. The van der Waals surface area contributed by atoms with Gasteiger partial charge in [-0.2, -0.15) is 12.6 Å². The first kappa shape index (κ1) is 13.8. The van der Waals surface area contributed by atoms with Gasteiger partial charge in [-0.3, -0.25) is 0 Å². The zero-order valence-electron chi connectivity index (χ0n) is 11.3. The van der Waals surface area contributed by atoms with Gasteiger partial charge in [-0.25, -0.2) is 4.98 Å². The summed E-state index contributed by atoms with van der Waals surface area (Å²) in [4.78, 5) is 6.01. The maximum absolute atomic E-state index is 5.79. The van der Waals surface area contributed by atoms with Crippen LogP contribution in [0.15, 0.2) is 24.3 Å². The number of benzene rings is 1. The van der Waals surface area contributed by atoms with Crippen molar-refractivity contribution in [3.63, 3.8) is 0 Å². The maximum Gasteiger partial charge on any atom is 0.140 e. The number of thiol groups is 1. The Bertz CT molecular complexity index is 593. The van der Waals surface area contributed by atoms with Gasteiger partial charge in [0.25, 0.3) is 0 Å². The molecule has 1 aliphatic rings. The molecule has 0 unspecified atom stereocenters. The molecule has 0 radical (unpaired) electrons. The van der Waals surface area contributed by atoms with Gasteiger partial charge < -0.3 is 9.47 Å². The van der Waals surface area contributed by atoms with Crippen LogP contribution in [0.2, 0.25) is 0 Å². The van der Waals surface area contributed by atoms with Crippen LogP contribution >= 0.6 is 24.0 Å². The summed E-state index contributed by atoms with van der Waals surface area (Å²) in [5, 5.41) is 1.03. The Morgan fingerprint density at radius 2 is 2.15 bits per heavy atom. The van der Waals surface area contributed by atoms with Gasteiger partial charge in [0.1, 0.15) is 23.1 Å². The van der Waals surface area contributed by atoms with E-state index in [1.165, 1.54) is 23.4 Å². The van der Waals surface area contributed by atoms with Gasteiger partial charge in [-0.05, 0) is 25.0 Å². The molecule has 3 nitrogen and oxygen atoms in total. The summed E-state index contributed by atoms with van der Waals surface area (Å²) >= 11 is 6.11. The molecule has 0 atom stereocenters. The van der Waals surface area contributed by atoms with Gasteiger partial charge in [0.15, 0.2) is 0 Å². The Balaban J connectivity index is 1.68. The van der Waals surface area contributed by atoms with Crippen molar-refractivity contribution in [3.05, 3.63) is 39.8 Å². The molecule has 0 amide bonds. The maximum atomic E-state index is 5.79. The molecule has 5 heteroatoms. The van der Waals surface area contributed by atoms with Gasteiger partial charge in [0.2, 0.25) is 0 Å². The topological polar surface area (TPSA) is 31.4 Å². The highest BCUT2D eigenvalue weighted by Gasteiger charge is 2.29. The molecule has 0 bridgehead atoms. The van der Waals surface area contributed by atoms with Crippen molar-refractivity contribution in [1.29, 1.82) is 0 Å². The van der Waals surface area contributed by atoms with Crippen molar-refractivity contribution in [2.75, 3.05) is 7.11 Å². The van der Waals surface area contributed by atoms with Crippen LogP contribution in [0.25, 0.3) is 0 Å². The summed E-state index contributed by atoms with van der Waals surface area (Å²) < 4.78 is 11.0. The molecule has 1 aromatic carbocycles. The minimum absolute atomic E-state index is 0.505. The van der Waals surface area contributed by atoms with Gasteiger partial charge in [0, 0.05) is 22.6 Å². The number of thiazole rings is 1. The van der Waals surface area contributed by atoms with E-state index in [0.29, 0.717) is 12.5 Å². The quantitative estimate of drug-likeness (QED) is 0.817. The number of methoxy groups -OCH3 is 1. The molecule has 1 aliphatic carbocycles. The van der Waals surface area contributed by atoms with Crippen LogP contribution in [0.5, 0.6) is 11.5 Å². The molecule has 0 aliphatic heterocycles. The van der Waals surface area contributed by atoms with E-state index in [-0.39, 0.29) is 0 Å². The van der Waals surface area contributed by atoms with Crippen LogP contribution in [0.1, 0.15) is 34.3 Å². The van der Waals surface area contributed by atoms with E-state index in [1.807, 2.05) is 24.3 Å². The molecule has 0 N–H and O–H groups in total. The fraction of sp³-hybridized carbons (Fsp3) is 0.400. The number of hydrogen-bond acceptors (Lipinski definition) is 5. The molecule has 106 valence electrons. The number of rotatable bonds is 6. The lowest BCUT2D eigenvalue weighted by atomic mass is 10.3. The van der Waals surface area contributed by atoms with E-state index in [2.05, 4.69) is 12.6 Å². The molecule has 1 saturated carbocycles. The number of aromatic nitrogens is 1. The lowest BCUT2D eigenvalue weighted by Crippen LogP contribution is -1.95. The van der Waals surface area contributed by atoms with Gasteiger partial charge in [0.05, 0.1) is 12.8 Å². The summed E-state index contributed by atoms with van der Waals surface area (Å²) in [7, 11) is 1.65. The molecule has 1 aromatic heterocycles. The Morgan fingerprint density at radius 1 is 1.35 bits per heavy atom. The number of nitrogens with zero attached hydrogens (tertiary/aromatic N) is 1. The Hall–Kier alpha value is -1.20. The van der Waals surface area contributed by atoms with E-state index >= 15 is 0 Å². The first-order valence-electron chi connectivity index (χ1n) is 6.66. The summed E-state index contributed by atoms with van der Waals surface area (Å²) in [6.07, 6.45) is 2.53. The van der Waals surface area contributed by atoms with Crippen molar-refractivity contribution in [1.82, 2.24) is 4.98 Å². The standard InChI is InChI=1S/C15H17NO2S2/c1-17-11-3-2-4-12(7-11)18-8-14-16-15(10-5-6-10)13(9-19)20-14/h2-4,7,10,19H,5-6,8-9H2,1H3. The lowest BCUT2D eigenvalue weighted by Gasteiger charge is -2.05. The van der Waals surface area contributed by atoms with Crippen LogP contribution in [-0.2, 0) is 12.4 Å². The zero-order chi connectivity index (χ0) is 13.9. The largest absolute Gasteiger partial charge is 0.497 e. The minimum Gasteiger partial charge on any atom is -0.497 e. The third-order valence-electron chi connectivity index (χ3n) is 3.28. The molecule has 3 rings (SSSR count). The molecule has 2 aromatic rings. The highest BCUT2D eigenvalue weighted by atomic mass is 32.1. The van der Waals surface area contributed by atoms with Gasteiger partial charge in [-0.1, -0.05) is 6.07 Å². The van der Waals surface area contributed by atoms with E-state index in [0.717, 1.165) is 22.3 Å². The summed E-state index contributed by atoms with van der Waals surface area (Å²) in [6.45, 7) is 0.505. The summed E-state index contributed by atoms with van der Waals surface area (Å²) in [5.41, 5.74) is 1.24. The molecule has 1 heterocycles. The van der Waals surface area contributed by atoms with Gasteiger partial charge in [-0.15, -0.1) is 11.3 Å². The van der Waals surface area contributed by atoms with Crippen molar-refractivity contribution in [3.8, 4) is 11.5 Å². The van der Waals surface area contributed by atoms with Crippen molar-refractivity contribution in [2.24, 2.45) is 0 Å². The molecular weight excluding hydrogens is 290 g/mol. The Labute approximate surface area is 128 Å². The predicted molar refractivity (Wildman–Crippen MR) is 84.1 cm³/mol. The second-order valence-corrected chi connectivity index (χ2v) is 6.30. The van der Waals surface area contributed by atoms with Crippen molar-refractivity contribution < 1.29 is 9.47 Å². The van der Waals surface area contributed by atoms with Gasteiger partial charge >= 0.3 is 0 Å². The third kappa shape index (κ3) is 3.10. The minimum atomic E-state index is 0.505. The van der Waals surface area contributed by atoms with Crippen LogP contribution in [0.4, 0.5) is 0 Å². The fourth-order valence-corrected chi connectivity index (χ4v) is 3.38. The fourth-order valence-electron chi connectivity index (χ4n) is 2.10. The molecular formula is C15H17NO2S2. The normalized spacial score (nSPS) is 14.3. The van der Waals surface area contributed by atoms with Crippen molar-refractivity contribution >= 4 is 24.0 Å². The number of ether oxygens (including phenoxy) is 2. The highest BCUT2D eigenvalue weighted by Crippen LogP contribution is 2.43. The average Bonchev–Trinajstić information content (AvgIpc) is 3.25. The van der Waals surface area contributed by atoms with Crippen LogP contribution in [0.3, 0.4) is 0 Å². The zero-order valence-corrected chi connectivity index (χ0v) is 13.0. The molecule has 0 spiro atoms. The highest BCUT2D eigenvalue weighted by molar-refractivity contribution is 7.79. The van der Waals surface area contributed by atoms with Crippen LogP contribution in [-0.4, -0.2) is 12.1 Å². The first-order chi connectivity index (χ1) is 9.80. The summed E-state index contributed by atoms with van der Waals surface area (Å²) in [6, 6.07) is 7.64. The van der Waals surface area contributed by atoms with E-state index < -0.39 is 0 Å². The lowest BCUT2D eigenvalue weighted by molar-refractivity contribution is 0.303. The molecule has 20 heavy (non-hydrogen) atoms. The first-order valence-corrected chi connectivity index (χ1v) is 8.11. The van der Waals surface area contributed by atoms with Crippen molar-refractivity contribution in [2.45, 2.75) is 31.1 Å². The van der Waals surface area contributed by atoms with E-state index in [4.69, 9.17) is 14.5 Å². The van der Waals surface area contributed by atoms with Crippen LogP contribution < -0.4 is 9.47 Å². The predicted octanol–water partition coefficient (Wildman–Crippen LogP) is 4.04. The summed E-state index contributed by atoms with van der Waals surface area (Å²) in [5.74, 6) is 3.04. The average molecular weight is 307 g/mol. The monoisotopic (exact) mass is 307 g/mol. The number of hydrogen-bond donors (Lipinski definition) is 1. The Morgan fingerprint density at radius 3 is 2.85 bits per heavy atom. The smallest absolute Gasteiger partial charge is 0.140 e. The van der Waals surface area contributed by atoms with Crippen LogP contribution in [0, 0.1) is 0 Å². The third-order valence-corrected chi connectivity index (χ3v) is 4.86.